The Bertz CT molecular complexity index is 439. The van der Waals surface area contributed by atoms with Gasteiger partial charge in [0.25, 0.3) is 0 Å². The Labute approximate surface area is 94.9 Å². The fourth-order valence-electron chi connectivity index (χ4n) is 1.61. The number of aromatic nitrogens is 2. The van der Waals surface area contributed by atoms with Crippen LogP contribution in [-0.4, -0.2) is 22.1 Å². The molecule has 16 heavy (non-hydrogen) atoms. The van der Waals surface area contributed by atoms with E-state index >= 15 is 0 Å². The maximum absolute atomic E-state index is 5.17. The van der Waals surface area contributed by atoms with Crippen molar-refractivity contribution in [1.29, 1.82) is 0 Å². The zero-order valence-electron chi connectivity index (χ0n) is 9.55. The highest BCUT2D eigenvalue weighted by atomic mass is 16.5. The van der Waals surface area contributed by atoms with Crippen molar-refractivity contribution < 1.29 is 4.52 Å². The molecule has 0 N–H and O–H groups in total. The van der Waals surface area contributed by atoms with Crippen LogP contribution >= 0.6 is 0 Å². The van der Waals surface area contributed by atoms with E-state index in [-0.39, 0.29) is 0 Å². The minimum absolute atomic E-state index is 0.767. The minimum atomic E-state index is 0.767. The molecule has 0 spiro atoms. The first-order chi connectivity index (χ1) is 7.74. The molecule has 0 aromatic carbocycles. The molecular formula is C12H15N3O. The number of nitrogens with zero attached hydrogens (tertiary/aromatic N) is 3. The van der Waals surface area contributed by atoms with Crippen molar-refractivity contribution in [3.05, 3.63) is 47.6 Å². The van der Waals surface area contributed by atoms with Crippen molar-refractivity contribution in [2.75, 3.05) is 7.05 Å². The van der Waals surface area contributed by atoms with Crippen LogP contribution in [0.25, 0.3) is 0 Å². The normalized spacial score (nSPS) is 10.9. The van der Waals surface area contributed by atoms with Crippen LogP contribution in [0.1, 0.15) is 17.0 Å². The molecule has 2 heterocycles. The molecule has 2 aromatic heterocycles. The SMILES string of the molecule is Cc1cc(CN(C)Cc2ccncc2)on1. The Balaban J connectivity index is 1.92. The largest absolute Gasteiger partial charge is 0.360 e. The fourth-order valence-corrected chi connectivity index (χ4v) is 1.61. The third kappa shape index (κ3) is 2.90. The average molecular weight is 217 g/mol. The second kappa shape index (κ2) is 4.90. The molecule has 4 nitrogen and oxygen atoms in total. The van der Waals surface area contributed by atoms with Gasteiger partial charge in [-0.15, -0.1) is 0 Å². The lowest BCUT2D eigenvalue weighted by molar-refractivity contribution is 0.266. The number of aryl methyl sites for hydroxylation is 1. The summed E-state index contributed by atoms with van der Waals surface area (Å²) in [4.78, 5) is 6.17. The highest BCUT2D eigenvalue weighted by Gasteiger charge is 2.05. The first-order valence-electron chi connectivity index (χ1n) is 5.23. The van der Waals surface area contributed by atoms with Gasteiger partial charge in [0.15, 0.2) is 5.76 Å². The topological polar surface area (TPSA) is 42.2 Å². The van der Waals surface area contributed by atoms with Gasteiger partial charge in [0.05, 0.1) is 12.2 Å². The molecule has 0 radical (unpaired) electrons. The van der Waals surface area contributed by atoms with Gasteiger partial charge in [-0.3, -0.25) is 9.88 Å². The summed E-state index contributed by atoms with van der Waals surface area (Å²) in [6.45, 7) is 3.57. The molecule has 0 saturated heterocycles. The standard InChI is InChI=1S/C12H15N3O/c1-10-7-12(16-14-10)9-15(2)8-11-3-5-13-6-4-11/h3-7H,8-9H2,1-2H3. The molecule has 0 saturated carbocycles. The van der Waals surface area contributed by atoms with E-state index in [1.54, 1.807) is 0 Å². The van der Waals surface area contributed by atoms with E-state index in [0.29, 0.717) is 0 Å². The van der Waals surface area contributed by atoms with Gasteiger partial charge < -0.3 is 4.52 Å². The van der Waals surface area contributed by atoms with Gasteiger partial charge >= 0.3 is 0 Å². The number of hydrogen-bond acceptors (Lipinski definition) is 4. The third-order valence-electron chi connectivity index (χ3n) is 2.30. The van der Waals surface area contributed by atoms with Crippen molar-refractivity contribution in [2.45, 2.75) is 20.0 Å². The van der Waals surface area contributed by atoms with Crippen LogP contribution in [-0.2, 0) is 13.1 Å². The maximum atomic E-state index is 5.17. The Hall–Kier alpha value is -1.68. The van der Waals surface area contributed by atoms with Gasteiger partial charge in [0, 0.05) is 25.0 Å². The summed E-state index contributed by atoms with van der Waals surface area (Å²) < 4.78 is 5.17. The molecule has 0 unspecified atom stereocenters. The predicted molar refractivity (Wildman–Crippen MR) is 60.6 cm³/mol. The molecule has 0 aliphatic rings. The van der Waals surface area contributed by atoms with E-state index < -0.39 is 0 Å². The molecule has 84 valence electrons. The fraction of sp³-hybridized carbons (Fsp3) is 0.333. The van der Waals surface area contributed by atoms with Crippen LogP contribution in [0.15, 0.2) is 35.1 Å². The summed E-state index contributed by atoms with van der Waals surface area (Å²) in [5, 5.41) is 3.87. The summed E-state index contributed by atoms with van der Waals surface area (Å²) in [7, 11) is 2.05. The van der Waals surface area contributed by atoms with Crippen LogP contribution in [0, 0.1) is 6.92 Å². The Kier molecular flexibility index (Phi) is 3.31. The average Bonchev–Trinajstić information content (AvgIpc) is 2.65. The smallest absolute Gasteiger partial charge is 0.150 e. The molecule has 4 heteroatoms. The highest BCUT2D eigenvalue weighted by molar-refractivity contribution is 5.09. The van der Waals surface area contributed by atoms with Crippen LogP contribution < -0.4 is 0 Å². The lowest BCUT2D eigenvalue weighted by Gasteiger charge is -2.14. The van der Waals surface area contributed by atoms with Gasteiger partial charge in [0.2, 0.25) is 0 Å². The van der Waals surface area contributed by atoms with Gasteiger partial charge in [-0.25, -0.2) is 0 Å². The Morgan fingerprint density at radius 2 is 2.00 bits per heavy atom. The van der Waals surface area contributed by atoms with Crippen molar-refractivity contribution >= 4 is 0 Å². The van der Waals surface area contributed by atoms with Gasteiger partial charge in [-0.05, 0) is 31.7 Å². The molecule has 2 aromatic rings. The zero-order chi connectivity index (χ0) is 11.4. The summed E-state index contributed by atoms with van der Waals surface area (Å²) in [6, 6.07) is 5.99. The monoisotopic (exact) mass is 217 g/mol. The Morgan fingerprint density at radius 1 is 1.25 bits per heavy atom. The van der Waals surface area contributed by atoms with E-state index in [1.807, 2.05) is 37.5 Å². The quantitative estimate of drug-likeness (QED) is 0.785. The molecule has 0 aliphatic heterocycles. The van der Waals surface area contributed by atoms with E-state index in [4.69, 9.17) is 4.52 Å². The van der Waals surface area contributed by atoms with Crippen LogP contribution in [0.2, 0.25) is 0 Å². The summed E-state index contributed by atoms with van der Waals surface area (Å²) in [6.07, 6.45) is 3.61. The van der Waals surface area contributed by atoms with Gasteiger partial charge in [0.1, 0.15) is 0 Å². The van der Waals surface area contributed by atoms with E-state index in [1.165, 1.54) is 5.56 Å². The molecule has 0 fully saturated rings. The first kappa shape index (κ1) is 10.8. The van der Waals surface area contributed by atoms with Crippen LogP contribution in [0.5, 0.6) is 0 Å². The number of pyridine rings is 1. The molecule has 0 bridgehead atoms. The molecule has 0 aliphatic carbocycles. The lowest BCUT2D eigenvalue weighted by Crippen LogP contribution is -2.16. The molecule has 0 amide bonds. The van der Waals surface area contributed by atoms with Crippen LogP contribution in [0.3, 0.4) is 0 Å². The van der Waals surface area contributed by atoms with E-state index in [0.717, 1.165) is 24.5 Å². The predicted octanol–water partition coefficient (Wildman–Crippen LogP) is 2.01. The zero-order valence-corrected chi connectivity index (χ0v) is 9.55. The third-order valence-corrected chi connectivity index (χ3v) is 2.30. The molecule has 0 atom stereocenters. The Morgan fingerprint density at radius 3 is 2.62 bits per heavy atom. The maximum Gasteiger partial charge on any atom is 0.150 e. The minimum Gasteiger partial charge on any atom is -0.360 e. The van der Waals surface area contributed by atoms with Crippen molar-refractivity contribution in [1.82, 2.24) is 15.0 Å². The lowest BCUT2D eigenvalue weighted by atomic mass is 10.2. The molecule has 2 rings (SSSR count). The first-order valence-corrected chi connectivity index (χ1v) is 5.23. The summed E-state index contributed by atoms with van der Waals surface area (Å²) >= 11 is 0. The second-order valence-corrected chi connectivity index (χ2v) is 3.96. The van der Waals surface area contributed by atoms with Crippen molar-refractivity contribution in [3.8, 4) is 0 Å². The number of rotatable bonds is 4. The van der Waals surface area contributed by atoms with Crippen molar-refractivity contribution in [3.63, 3.8) is 0 Å². The summed E-state index contributed by atoms with van der Waals surface area (Å²) in [5.74, 6) is 0.897. The second-order valence-electron chi connectivity index (χ2n) is 3.96. The van der Waals surface area contributed by atoms with E-state index in [9.17, 15) is 0 Å². The summed E-state index contributed by atoms with van der Waals surface area (Å²) in [5.41, 5.74) is 2.17. The van der Waals surface area contributed by atoms with Gasteiger partial charge in [-0.1, -0.05) is 5.16 Å². The van der Waals surface area contributed by atoms with Gasteiger partial charge in [-0.2, -0.15) is 0 Å². The van der Waals surface area contributed by atoms with Crippen molar-refractivity contribution in [2.24, 2.45) is 0 Å². The number of hydrogen-bond donors (Lipinski definition) is 0. The highest BCUT2D eigenvalue weighted by Crippen LogP contribution is 2.08. The van der Waals surface area contributed by atoms with Crippen LogP contribution in [0.4, 0.5) is 0 Å². The van der Waals surface area contributed by atoms with E-state index in [2.05, 4.69) is 22.1 Å². The molecular weight excluding hydrogens is 202 g/mol.